The van der Waals surface area contributed by atoms with Gasteiger partial charge >= 0.3 is 0 Å². The maximum atomic E-state index is 13.6. The van der Waals surface area contributed by atoms with Crippen LogP contribution < -0.4 is 9.80 Å². The smallest absolute Gasteiger partial charge is 0.238 e. The summed E-state index contributed by atoms with van der Waals surface area (Å²) in [6.45, 7) is 7.73. The van der Waals surface area contributed by atoms with Gasteiger partial charge in [0, 0.05) is 11.8 Å². The van der Waals surface area contributed by atoms with E-state index in [1.807, 2.05) is 76.2 Å². The minimum atomic E-state index is -0.611. The average Bonchev–Trinajstić information content (AvgIpc) is 3.19. The number of benzene rings is 2. The van der Waals surface area contributed by atoms with Crippen LogP contribution in [-0.4, -0.2) is 23.6 Å². The Labute approximate surface area is 198 Å². The van der Waals surface area contributed by atoms with Crippen LogP contribution in [0.1, 0.15) is 22.3 Å². The van der Waals surface area contributed by atoms with E-state index in [0.29, 0.717) is 11.4 Å². The van der Waals surface area contributed by atoms with Gasteiger partial charge < -0.3 is 0 Å². The molecule has 1 saturated carbocycles. The first kappa shape index (κ1) is 21.0. The fourth-order valence-electron chi connectivity index (χ4n) is 6.89. The van der Waals surface area contributed by atoms with Crippen LogP contribution in [0.3, 0.4) is 0 Å². The number of hydrogen-bond donors (Lipinski definition) is 0. The van der Waals surface area contributed by atoms with Gasteiger partial charge in [-0.05, 0) is 74.2 Å². The van der Waals surface area contributed by atoms with Crippen molar-refractivity contribution in [3.05, 3.63) is 70.8 Å². The third-order valence-corrected chi connectivity index (χ3v) is 7.94. The number of aryl methyl sites for hydroxylation is 4. The Kier molecular flexibility index (Phi) is 4.32. The number of nitrogens with zero attached hydrogens (tertiary/aromatic N) is 2. The molecule has 34 heavy (non-hydrogen) atoms. The van der Waals surface area contributed by atoms with Gasteiger partial charge in [-0.25, -0.2) is 9.80 Å². The van der Waals surface area contributed by atoms with Gasteiger partial charge in [-0.3, -0.25) is 19.2 Å². The number of allylic oxidation sites excluding steroid dienone is 2. The molecular weight excluding hydrogens is 428 g/mol. The summed E-state index contributed by atoms with van der Waals surface area (Å²) in [5.41, 5.74) is 5.02. The highest BCUT2D eigenvalue weighted by molar-refractivity contribution is 6.26. The van der Waals surface area contributed by atoms with E-state index in [9.17, 15) is 19.2 Å². The van der Waals surface area contributed by atoms with Crippen molar-refractivity contribution in [2.75, 3.05) is 9.80 Å². The first-order valence-corrected chi connectivity index (χ1v) is 11.8. The normalized spacial score (nSPS) is 31.5. The van der Waals surface area contributed by atoms with Crippen LogP contribution in [0.25, 0.3) is 0 Å². The van der Waals surface area contributed by atoms with Crippen molar-refractivity contribution in [3.8, 4) is 0 Å². The average molecular weight is 455 g/mol. The van der Waals surface area contributed by atoms with E-state index in [0.717, 1.165) is 22.3 Å². The van der Waals surface area contributed by atoms with Gasteiger partial charge in [0.05, 0.1) is 35.0 Å². The summed E-state index contributed by atoms with van der Waals surface area (Å²) in [6, 6.07) is 11.4. The highest BCUT2D eigenvalue weighted by atomic mass is 16.2. The number of hydrogen-bond acceptors (Lipinski definition) is 4. The molecule has 2 aliphatic heterocycles. The maximum Gasteiger partial charge on any atom is 0.238 e. The number of amides is 4. The fraction of sp³-hybridized carbons (Fsp3) is 0.357. The van der Waals surface area contributed by atoms with E-state index in [1.54, 1.807) is 0 Å². The van der Waals surface area contributed by atoms with Crippen molar-refractivity contribution >= 4 is 35.0 Å². The SMILES string of the molecule is Cc1cc(C)cc(N2C(=O)[C@@H]3C4C=CC([C@@H]3C2=O)[C@@H]2C(=O)N(c3cc(C)cc(C)c3)C(=O)[C@H]42)c1. The zero-order valence-electron chi connectivity index (χ0n) is 19.6. The third kappa shape index (κ3) is 2.68. The van der Waals surface area contributed by atoms with Crippen molar-refractivity contribution < 1.29 is 19.2 Å². The summed E-state index contributed by atoms with van der Waals surface area (Å²) >= 11 is 0. The molecule has 3 fully saturated rings. The molecule has 0 unspecified atom stereocenters. The topological polar surface area (TPSA) is 74.8 Å². The molecule has 2 aromatic rings. The fourth-order valence-corrected chi connectivity index (χ4v) is 6.89. The zero-order chi connectivity index (χ0) is 24.0. The molecular formula is C28H26N2O4. The molecule has 0 aromatic heterocycles. The number of carbonyl (C=O) groups is 4. The van der Waals surface area contributed by atoms with Crippen LogP contribution in [0.4, 0.5) is 11.4 Å². The van der Waals surface area contributed by atoms with E-state index in [-0.39, 0.29) is 23.6 Å². The van der Waals surface area contributed by atoms with E-state index in [4.69, 9.17) is 0 Å². The second-order valence-corrected chi connectivity index (χ2v) is 10.4. The summed E-state index contributed by atoms with van der Waals surface area (Å²) in [7, 11) is 0. The Bertz CT molecular complexity index is 1160. The van der Waals surface area contributed by atoms with E-state index < -0.39 is 35.5 Å². The second kappa shape index (κ2) is 6.98. The van der Waals surface area contributed by atoms with Crippen LogP contribution in [0.15, 0.2) is 48.6 Å². The van der Waals surface area contributed by atoms with Crippen molar-refractivity contribution in [1.29, 1.82) is 0 Å². The van der Waals surface area contributed by atoms with Crippen LogP contribution >= 0.6 is 0 Å². The molecule has 6 nitrogen and oxygen atoms in total. The standard InChI is InChI=1S/C28H26N2O4/c1-13-7-14(2)10-17(9-13)29-25(31)21-19-5-6-20(22(21)26(29)32)24-23(19)27(33)30(28(24)34)18-11-15(3)8-16(4)12-18/h5-12,19-24H,1-4H3/t19?,20?,21-,22+,23-,24+. The van der Waals surface area contributed by atoms with Crippen molar-refractivity contribution in [2.24, 2.45) is 35.5 Å². The molecule has 0 N–H and O–H groups in total. The highest BCUT2D eigenvalue weighted by Crippen LogP contribution is 2.58. The van der Waals surface area contributed by atoms with E-state index >= 15 is 0 Å². The lowest BCUT2D eigenvalue weighted by Gasteiger charge is -2.44. The molecule has 5 aliphatic rings. The summed E-state index contributed by atoms with van der Waals surface area (Å²) in [5, 5.41) is 0. The number of carbonyl (C=O) groups excluding carboxylic acids is 4. The maximum absolute atomic E-state index is 13.6. The molecule has 3 aliphatic carbocycles. The molecule has 6 heteroatoms. The molecule has 4 atom stereocenters. The summed E-state index contributed by atoms with van der Waals surface area (Å²) in [5.74, 6) is -4.40. The minimum Gasteiger partial charge on any atom is -0.274 e. The van der Waals surface area contributed by atoms with Crippen LogP contribution in [-0.2, 0) is 19.2 Å². The second-order valence-electron chi connectivity index (χ2n) is 10.4. The lowest BCUT2D eigenvalue weighted by Crippen LogP contribution is -2.50. The summed E-state index contributed by atoms with van der Waals surface area (Å²) < 4.78 is 0. The Balaban J connectivity index is 1.41. The van der Waals surface area contributed by atoms with Gasteiger partial charge in [-0.15, -0.1) is 0 Å². The predicted molar refractivity (Wildman–Crippen MR) is 127 cm³/mol. The van der Waals surface area contributed by atoms with Gasteiger partial charge in [-0.1, -0.05) is 24.3 Å². The molecule has 2 aromatic carbocycles. The molecule has 2 heterocycles. The highest BCUT2D eigenvalue weighted by Gasteiger charge is 2.68. The third-order valence-electron chi connectivity index (χ3n) is 7.94. The first-order valence-electron chi connectivity index (χ1n) is 11.8. The van der Waals surface area contributed by atoms with Crippen LogP contribution in [0.5, 0.6) is 0 Å². The molecule has 2 saturated heterocycles. The molecule has 4 amide bonds. The number of imide groups is 2. The minimum absolute atomic E-state index is 0.261. The number of anilines is 2. The molecule has 172 valence electrons. The Hall–Kier alpha value is -3.54. The Morgan fingerprint density at radius 3 is 1.00 bits per heavy atom. The monoisotopic (exact) mass is 454 g/mol. The van der Waals surface area contributed by atoms with Gasteiger partial charge in [-0.2, -0.15) is 0 Å². The summed E-state index contributed by atoms with van der Waals surface area (Å²) in [4.78, 5) is 57.2. The lowest BCUT2D eigenvalue weighted by atomic mass is 9.54. The molecule has 0 radical (unpaired) electrons. The van der Waals surface area contributed by atoms with Crippen LogP contribution in [0.2, 0.25) is 0 Å². The van der Waals surface area contributed by atoms with Crippen molar-refractivity contribution in [3.63, 3.8) is 0 Å². The predicted octanol–water partition coefficient (Wildman–Crippen LogP) is 3.65. The van der Waals surface area contributed by atoms with Crippen molar-refractivity contribution in [2.45, 2.75) is 27.7 Å². The van der Waals surface area contributed by atoms with Crippen LogP contribution in [0, 0.1) is 63.2 Å². The molecule has 7 rings (SSSR count). The summed E-state index contributed by atoms with van der Waals surface area (Å²) in [6.07, 6.45) is 3.80. The number of rotatable bonds is 2. The lowest BCUT2D eigenvalue weighted by molar-refractivity contribution is -0.137. The molecule has 2 bridgehead atoms. The van der Waals surface area contributed by atoms with E-state index in [2.05, 4.69) is 0 Å². The Morgan fingerprint density at radius 1 is 0.471 bits per heavy atom. The van der Waals surface area contributed by atoms with Gasteiger partial charge in [0.25, 0.3) is 0 Å². The molecule has 0 spiro atoms. The van der Waals surface area contributed by atoms with Crippen molar-refractivity contribution in [1.82, 2.24) is 0 Å². The first-order chi connectivity index (χ1) is 16.2. The van der Waals surface area contributed by atoms with Gasteiger partial charge in [0.2, 0.25) is 23.6 Å². The zero-order valence-corrected chi connectivity index (χ0v) is 19.6. The Morgan fingerprint density at radius 2 is 0.735 bits per heavy atom. The van der Waals surface area contributed by atoms with Gasteiger partial charge in [0.1, 0.15) is 0 Å². The van der Waals surface area contributed by atoms with E-state index in [1.165, 1.54) is 9.80 Å². The quantitative estimate of drug-likeness (QED) is 0.513. The largest absolute Gasteiger partial charge is 0.274 e. The van der Waals surface area contributed by atoms with Gasteiger partial charge in [0.15, 0.2) is 0 Å².